The topological polar surface area (TPSA) is 33.3 Å². The van der Waals surface area contributed by atoms with E-state index < -0.39 is 6.36 Å². The van der Waals surface area contributed by atoms with Gasteiger partial charge in [0, 0.05) is 11.7 Å². The van der Waals surface area contributed by atoms with Gasteiger partial charge in [0.15, 0.2) is 5.11 Å². The molecule has 1 aromatic carbocycles. The number of anilines is 1. The molecule has 7 heteroatoms. The van der Waals surface area contributed by atoms with E-state index in [9.17, 15) is 13.2 Å². The van der Waals surface area contributed by atoms with Gasteiger partial charge in [-0.15, -0.1) is 13.2 Å². The molecule has 3 nitrogen and oxygen atoms in total. The van der Waals surface area contributed by atoms with Gasteiger partial charge in [-0.2, -0.15) is 0 Å². The highest BCUT2D eigenvalue weighted by atomic mass is 32.1. The molecule has 0 aromatic heterocycles. The number of halogens is 3. The quantitative estimate of drug-likeness (QED) is 0.801. The molecule has 0 heterocycles. The van der Waals surface area contributed by atoms with Crippen LogP contribution >= 0.6 is 12.2 Å². The van der Waals surface area contributed by atoms with Crippen molar-refractivity contribution in [2.24, 2.45) is 5.92 Å². The molecule has 0 amide bonds. The summed E-state index contributed by atoms with van der Waals surface area (Å²) in [6.07, 6.45) is 0.0301. The van der Waals surface area contributed by atoms with Crippen molar-refractivity contribution in [1.82, 2.24) is 5.32 Å². The van der Waals surface area contributed by atoms with E-state index >= 15 is 0 Å². The minimum atomic E-state index is -4.68. The lowest BCUT2D eigenvalue weighted by Crippen LogP contribution is -2.43. The Bertz CT molecular complexity index is 505. The molecule has 0 unspecified atom stereocenters. The molecule has 2 atom stereocenters. The molecule has 0 bridgehead atoms. The largest absolute Gasteiger partial charge is 0.573 e. The normalized spacial score (nSPS) is 22.0. The van der Waals surface area contributed by atoms with Crippen LogP contribution in [0.4, 0.5) is 18.9 Å². The number of benzene rings is 1. The maximum Gasteiger partial charge on any atom is 0.573 e. The molecular formula is C15H19F3N2OS. The lowest BCUT2D eigenvalue weighted by atomic mass is 9.86. The fourth-order valence-electron chi connectivity index (χ4n) is 2.61. The smallest absolute Gasteiger partial charge is 0.406 e. The minimum Gasteiger partial charge on any atom is -0.406 e. The molecule has 1 aromatic rings. The Morgan fingerprint density at radius 1 is 1.18 bits per heavy atom. The maximum atomic E-state index is 12.1. The molecule has 22 heavy (non-hydrogen) atoms. The van der Waals surface area contributed by atoms with Gasteiger partial charge < -0.3 is 15.4 Å². The first-order valence-corrected chi connectivity index (χ1v) is 7.67. The van der Waals surface area contributed by atoms with Crippen LogP contribution in [-0.2, 0) is 0 Å². The highest BCUT2D eigenvalue weighted by Gasteiger charge is 2.31. The van der Waals surface area contributed by atoms with Crippen LogP contribution in [0.5, 0.6) is 5.75 Å². The molecule has 1 fully saturated rings. The molecule has 0 aliphatic heterocycles. The van der Waals surface area contributed by atoms with E-state index in [2.05, 4.69) is 22.3 Å². The van der Waals surface area contributed by atoms with Crippen LogP contribution < -0.4 is 15.4 Å². The van der Waals surface area contributed by atoms with Crippen LogP contribution in [0.25, 0.3) is 0 Å². The predicted molar refractivity (Wildman–Crippen MR) is 83.9 cm³/mol. The number of thiocarbonyl (C=S) groups is 1. The van der Waals surface area contributed by atoms with Gasteiger partial charge >= 0.3 is 6.36 Å². The van der Waals surface area contributed by atoms with Crippen molar-refractivity contribution in [3.05, 3.63) is 24.3 Å². The highest BCUT2D eigenvalue weighted by Crippen LogP contribution is 2.25. The van der Waals surface area contributed by atoms with Crippen molar-refractivity contribution < 1.29 is 17.9 Å². The van der Waals surface area contributed by atoms with E-state index in [1.54, 1.807) is 0 Å². The summed E-state index contributed by atoms with van der Waals surface area (Å²) in [5, 5.41) is 6.75. The Labute approximate surface area is 133 Å². The third kappa shape index (κ3) is 5.36. The average molecular weight is 332 g/mol. The molecule has 2 N–H and O–H groups in total. The number of ether oxygens (including phenoxy) is 1. The number of hydrogen-bond acceptors (Lipinski definition) is 2. The lowest BCUT2D eigenvalue weighted by Gasteiger charge is -2.30. The molecule has 1 saturated carbocycles. The number of alkyl halides is 3. The summed E-state index contributed by atoms with van der Waals surface area (Å²) in [7, 11) is 0. The number of nitrogens with one attached hydrogen (secondary N) is 2. The molecule has 0 radical (unpaired) electrons. The standard InChI is InChI=1S/C15H19F3N2OS/c1-10-4-2-3-5-13(10)20-14(22)19-11-6-8-12(9-7-11)21-15(16,17)18/h6-10,13H,2-5H2,1H3,(H2,19,20,22)/t10-,13+/m1/s1. The fraction of sp³-hybridized carbons (Fsp3) is 0.533. The summed E-state index contributed by atoms with van der Waals surface area (Å²) < 4.78 is 40.1. The maximum absolute atomic E-state index is 12.1. The van der Waals surface area contributed by atoms with Gasteiger partial charge in [0.05, 0.1) is 0 Å². The minimum absolute atomic E-state index is 0.252. The van der Waals surface area contributed by atoms with Crippen molar-refractivity contribution in [2.75, 3.05) is 5.32 Å². The number of rotatable bonds is 3. The second-order valence-electron chi connectivity index (χ2n) is 5.54. The zero-order valence-corrected chi connectivity index (χ0v) is 13.1. The van der Waals surface area contributed by atoms with E-state index in [0.717, 1.165) is 6.42 Å². The van der Waals surface area contributed by atoms with Crippen molar-refractivity contribution >= 4 is 23.0 Å². The SMILES string of the molecule is C[C@@H]1CCCC[C@@H]1NC(=S)Nc1ccc(OC(F)(F)F)cc1. The zero-order chi connectivity index (χ0) is 16.2. The van der Waals surface area contributed by atoms with Crippen LogP contribution in [0.1, 0.15) is 32.6 Å². The number of hydrogen-bond donors (Lipinski definition) is 2. The van der Waals surface area contributed by atoms with Crippen LogP contribution in [0.15, 0.2) is 24.3 Å². The van der Waals surface area contributed by atoms with E-state index in [4.69, 9.17) is 12.2 Å². The molecule has 122 valence electrons. The third-order valence-electron chi connectivity index (χ3n) is 3.77. The van der Waals surface area contributed by atoms with Gasteiger partial charge in [0.25, 0.3) is 0 Å². The van der Waals surface area contributed by atoms with Crippen molar-refractivity contribution in [3.63, 3.8) is 0 Å². The van der Waals surface area contributed by atoms with Gasteiger partial charge in [-0.05, 0) is 55.2 Å². The second kappa shape index (κ2) is 7.17. The Balaban J connectivity index is 1.86. The van der Waals surface area contributed by atoms with Crippen molar-refractivity contribution in [2.45, 2.75) is 45.0 Å². The first kappa shape index (κ1) is 16.9. The molecular weight excluding hydrogens is 313 g/mol. The van der Waals surface area contributed by atoms with Crippen LogP contribution in [0.2, 0.25) is 0 Å². The van der Waals surface area contributed by atoms with Gasteiger partial charge in [0.1, 0.15) is 5.75 Å². The highest BCUT2D eigenvalue weighted by molar-refractivity contribution is 7.80. The first-order valence-electron chi connectivity index (χ1n) is 7.27. The van der Waals surface area contributed by atoms with Gasteiger partial charge in [0.2, 0.25) is 0 Å². The Hall–Kier alpha value is -1.50. The Morgan fingerprint density at radius 2 is 1.82 bits per heavy atom. The average Bonchev–Trinajstić information content (AvgIpc) is 2.42. The summed E-state index contributed by atoms with van der Waals surface area (Å²) in [5.74, 6) is 0.314. The van der Waals surface area contributed by atoms with Crippen LogP contribution in [-0.4, -0.2) is 17.5 Å². The van der Waals surface area contributed by atoms with Crippen molar-refractivity contribution in [1.29, 1.82) is 0 Å². The zero-order valence-electron chi connectivity index (χ0n) is 12.2. The molecule has 0 saturated heterocycles. The first-order chi connectivity index (χ1) is 10.3. The third-order valence-corrected chi connectivity index (χ3v) is 3.99. The molecule has 1 aliphatic rings. The summed E-state index contributed by atoms with van der Waals surface area (Å²) in [4.78, 5) is 0. The lowest BCUT2D eigenvalue weighted by molar-refractivity contribution is -0.274. The molecule has 0 spiro atoms. The second-order valence-corrected chi connectivity index (χ2v) is 5.95. The summed E-state index contributed by atoms with van der Waals surface area (Å²) in [6.45, 7) is 2.20. The van der Waals surface area contributed by atoms with E-state index in [0.29, 0.717) is 22.8 Å². The van der Waals surface area contributed by atoms with Gasteiger partial charge in [-0.25, -0.2) is 0 Å². The van der Waals surface area contributed by atoms with E-state index in [1.165, 1.54) is 43.5 Å². The summed E-state index contributed by atoms with van der Waals surface area (Å²) in [6, 6.07) is 5.85. The predicted octanol–water partition coefficient (Wildman–Crippen LogP) is 4.45. The summed E-state index contributed by atoms with van der Waals surface area (Å²) in [5.41, 5.74) is 0.621. The fourth-order valence-corrected chi connectivity index (χ4v) is 2.88. The van der Waals surface area contributed by atoms with Gasteiger partial charge in [-0.1, -0.05) is 19.8 Å². The van der Waals surface area contributed by atoms with Crippen LogP contribution in [0.3, 0.4) is 0 Å². The molecule has 2 rings (SSSR count). The monoisotopic (exact) mass is 332 g/mol. The van der Waals surface area contributed by atoms with Crippen molar-refractivity contribution in [3.8, 4) is 5.75 Å². The van der Waals surface area contributed by atoms with Crippen LogP contribution in [0, 0.1) is 5.92 Å². The Kier molecular flexibility index (Phi) is 5.50. The van der Waals surface area contributed by atoms with Gasteiger partial charge in [-0.3, -0.25) is 0 Å². The molecule has 1 aliphatic carbocycles. The van der Waals surface area contributed by atoms with E-state index in [-0.39, 0.29) is 5.75 Å². The van der Waals surface area contributed by atoms with E-state index in [1.807, 2.05) is 0 Å². The Morgan fingerprint density at radius 3 is 2.41 bits per heavy atom. The summed E-state index contributed by atoms with van der Waals surface area (Å²) >= 11 is 5.26.